The lowest BCUT2D eigenvalue weighted by molar-refractivity contribution is -0.115. The summed E-state index contributed by atoms with van der Waals surface area (Å²) >= 11 is 8.88. The van der Waals surface area contributed by atoms with Crippen molar-refractivity contribution in [2.75, 3.05) is 10.6 Å². The average molecular weight is 369 g/mol. The number of amides is 1. The number of benzene rings is 1. The summed E-state index contributed by atoms with van der Waals surface area (Å²) in [5.74, 6) is -0.0766. The molecule has 0 aliphatic heterocycles. The third kappa shape index (κ3) is 4.59. The second-order valence-corrected chi connectivity index (χ2v) is 8.50. The molecule has 1 saturated carbocycles. The summed E-state index contributed by atoms with van der Waals surface area (Å²) in [4.78, 5) is 12.3. The van der Waals surface area contributed by atoms with Gasteiger partial charge in [0.15, 0.2) is 4.34 Å². The summed E-state index contributed by atoms with van der Waals surface area (Å²) in [7, 11) is 0. The van der Waals surface area contributed by atoms with Gasteiger partial charge < -0.3 is 10.6 Å². The number of hydrogen-bond acceptors (Lipinski definition) is 6. The largest absolute Gasteiger partial charge is 0.357 e. The highest BCUT2D eigenvalue weighted by Gasteiger charge is 2.23. The van der Waals surface area contributed by atoms with Gasteiger partial charge in [-0.2, -0.15) is 0 Å². The first-order chi connectivity index (χ1) is 11.0. The van der Waals surface area contributed by atoms with Gasteiger partial charge in [0.05, 0.1) is 5.25 Å². The van der Waals surface area contributed by atoms with E-state index < -0.39 is 0 Å². The standard InChI is InChI=1S/C15H17ClN4OS2/c1-8-3-4-10(16)7-12(8)18-13(21)9(2)22-15-20-19-14(23-15)17-11-5-6-11/h3-4,7,9,11H,5-6H2,1-2H3,(H,17,19)(H,18,21)/t9-/m1/s1. The van der Waals surface area contributed by atoms with Gasteiger partial charge in [-0.15, -0.1) is 10.2 Å². The number of aryl methyl sites for hydroxylation is 1. The lowest BCUT2D eigenvalue weighted by Crippen LogP contribution is -2.22. The fourth-order valence-electron chi connectivity index (χ4n) is 1.89. The molecule has 0 saturated heterocycles. The Kier molecular flexibility index (Phi) is 5.08. The van der Waals surface area contributed by atoms with Crippen molar-refractivity contribution in [2.45, 2.75) is 42.3 Å². The van der Waals surface area contributed by atoms with Crippen LogP contribution in [0.25, 0.3) is 0 Å². The first-order valence-corrected chi connectivity index (χ1v) is 9.42. The second-order valence-electron chi connectivity index (χ2n) is 5.50. The van der Waals surface area contributed by atoms with Crippen LogP contribution in [0.1, 0.15) is 25.3 Å². The fourth-order valence-corrected chi connectivity index (χ4v) is 4.03. The molecule has 0 radical (unpaired) electrons. The molecule has 3 rings (SSSR count). The van der Waals surface area contributed by atoms with Crippen molar-refractivity contribution < 1.29 is 4.79 Å². The van der Waals surface area contributed by atoms with Crippen LogP contribution in [0.15, 0.2) is 22.5 Å². The minimum Gasteiger partial charge on any atom is -0.357 e. The Hall–Kier alpha value is -1.31. The number of aromatic nitrogens is 2. The average Bonchev–Trinajstić information content (AvgIpc) is 3.21. The Balaban J connectivity index is 1.58. The predicted octanol–water partition coefficient (Wildman–Crippen LogP) is 4.19. The molecule has 8 heteroatoms. The van der Waals surface area contributed by atoms with Gasteiger partial charge in [0.2, 0.25) is 11.0 Å². The highest BCUT2D eigenvalue weighted by Crippen LogP contribution is 2.32. The molecule has 2 aromatic rings. The fraction of sp³-hybridized carbons (Fsp3) is 0.400. The third-order valence-electron chi connectivity index (χ3n) is 3.42. The van der Waals surface area contributed by atoms with Crippen molar-refractivity contribution in [1.29, 1.82) is 0 Å². The Morgan fingerprint density at radius 2 is 2.22 bits per heavy atom. The van der Waals surface area contributed by atoms with Crippen LogP contribution in [0.4, 0.5) is 10.8 Å². The van der Waals surface area contributed by atoms with E-state index in [0.717, 1.165) is 20.7 Å². The molecule has 1 heterocycles. The SMILES string of the molecule is Cc1ccc(Cl)cc1NC(=O)[C@@H](C)Sc1nnc(NC2CC2)s1. The van der Waals surface area contributed by atoms with Crippen LogP contribution in [-0.4, -0.2) is 27.4 Å². The zero-order valence-electron chi connectivity index (χ0n) is 12.8. The number of carbonyl (C=O) groups is 1. The lowest BCUT2D eigenvalue weighted by Gasteiger charge is -2.12. The molecule has 1 aliphatic rings. The number of halogens is 1. The first kappa shape index (κ1) is 16.5. The van der Waals surface area contributed by atoms with Crippen LogP contribution in [0, 0.1) is 6.92 Å². The predicted molar refractivity (Wildman–Crippen MR) is 96.7 cm³/mol. The van der Waals surface area contributed by atoms with Gasteiger partial charge in [-0.25, -0.2) is 0 Å². The normalized spacial score (nSPS) is 15.3. The third-order valence-corrected chi connectivity index (χ3v) is 5.69. The van der Waals surface area contributed by atoms with Gasteiger partial charge >= 0.3 is 0 Å². The van der Waals surface area contributed by atoms with E-state index in [9.17, 15) is 4.79 Å². The maximum atomic E-state index is 12.3. The van der Waals surface area contributed by atoms with E-state index in [4.69, 9.17) is 11.6 Å². The van der Waals surface area contributed by atoms with E-state index in [-0.39, 0.29) is 11.2 Å². The Morgan fingerprint density at radius 3 is 2.96 bits per heavy atom. The van der Waals surface area contributed by atoms with Crippen LogP contribution in [0.5, 0.6) is 0 Å². The number of anilines is 2. The molecule has 23 heavy (non-hydrogen) atoms. The smallest absolute Gasteiger partial charge is 0.237 e. The number of nitrogens with zero attached hydrogens (tertiary/aromatic N) is 2. The van der Waals surface area contributed by atoms with Crippen LogP contribution in [0.2, 0.25) is 5.02 Å². The topological polar surface area (TPSA) is 66.9 Å². The van der Waals surface area contributed by atoms with Gasteiger partial charge in [-0.1, -0.05) is 40.8 Å². The molecule has 5 nitrogen and oxygen atoms in total. The minimum absolute atomic E-state index is 0.0766. The van der Waals surface area contributed by atoms with E-state index in [0.29, 0.717) is 11.1 Å². The zero-order chi connectivity index (χ0) is 16.4. The summed E-state index contributed by atoms with van der Waals surface area (Å²) in [6, 6.07) is 6.00. The van der Waals surface area contributed by atoms with E-state index in [2.05, 4.69) is 20.8 Å². The van der Waals surface area contributed by atoms with Crippen molar-refractivity contribution in [3.05, 3.63) is 28.8 Å². The molecule has 2 N–H and O–H groups in total. The van der Waals surface area contributed by atoms with Gasteiger partial charge in [0.1, 0.15) is 0 Å². The first-order valence-electron chi connectivity index (χ1n) is 7.35. The minimum atomic E-state index is -0.268. The number of nitrogens with one attached hydrogen (secondary N) is 2. The molecule has 0 unspecified atom stereocenters. The van der Waals surface area contributed by atoms with E-state index in [1.807, 2.05) is 19.9 Å². The number of hydrogen-bond donors (Lipinski definition) is 2. The number of thioether (sulfide) groups is 1. The van der Waals surface area contributed by atoms with Crippen LogP contribution >= 0.6 is 34.7 Å². The molecule has 1 aromatic heterocycles. The summed E-state index contributed by atoms with van der Waals surface area (Å²) in [6.07, 6.45) is 2.39. The molecule has 1 atom stereocenters. The molecule has 122 valence electrons. The van der Waals surface area contributed by atoms with Gasteiger partial charge in [0, 0.05) is 16.8 Å². The van der Waals surface area contributed by atoms with Crippen LogP contribution in [-0.2, 0) is 4.79 Å². The van der Waals surface area contributed by atoms with Crippen molar-refractivity contribution >= 4 is 51.4 Å². The van der Waals surface area contributed by atoms with E-state index >= 15 is 0 Å². The molecular formula is C15H17ClN4OS2. The zero-order valence-corrected chi connectivity index (χ0v) is 15.2. The van der Waals surface area contributed by atoms with Gasteiger partial charge in [-0.3, -0.25) is 4.79 Å². The summed E-state index contributed by atoms with van der Waals surface area (Å²) < 4.78 is 0.790. The van der Waals surface area contributed by atoms with Crippen molar-refractivity contribution in [3.63, 3.8) is 0 Å². The monoisotopic (exact) mass is 368 g/mol. The summed E-state index contributed by atoms with van der Waals surface area (Å²) in [5.41, 5.74) is 1.72. The molecule has 1 amide bonds. The maximum Gasteiger partial charge on any atom is 0.237 e. The summed E-state index contributed by atoms with van der Waals surface area (Å²) in [5, 5.41) is 15.6. The Labute approximate surface area is 148 Å². The van der Waals surface area contributed by atoms with E-state index in [1.54, 1.807) is 12.1 Å². The quantitative estimate of drug-likeness (QED) is 0.748. The molecule has 1 aliphatic carbocycles. The van der Waals surface area contributed by atoms with Crippen LogP contribution < -0.4 is 10.6 Å². The molecular weight excluding hydrogens is 352 g/mol. The number of rotatable bonds is 6. The summed E-state index contributed by atoms with van der Waals surface area (Å²) in [6.45, 7) is 3.79. The second kappa shape index (κ2) is 7.07. The van der Waals surface area contributed by atoms with Crippen molar-refractivity contribution in [1.82, 2.24) is 10.2 Å². The number of carbonyl (C=O) groups excluding carboxylic acids is 1. The van der Waals surface area contributed by atoms with E-state index in [1.165, 1.54) is 35.9 Å². The van der Waals surface area contributed by atoms with Gasteiger partial charge in [0.25, 0.3) is 0 Å². The highest BCUT2D eigenvalue weighted by molar-refractivity contribution is 8.02. The van der Waals surface area contributed by atoms with Crippen molar-refractivity contribution in [2.24, 2.45) is 0 Å². The molecule has 1 fully saturated rings. The molecule has 1 aromatic carbocycles. The lowest BCUT2D eigenvalue weighted by atomic mass is 10.2. The van der Waals surface area contributed by atoms with Crippen molar-refractivity contribution in [3.8, 4) is 0 Å². The Bertz CT molecular complexity index is 717. The molecule has 0 bridgehead atoms. The molecule has 0 spiro atoms. The van der Waals surface area contributed by atoms with Gasteiger partial charge in [-0.05, 0) is 44.4 Å². The Morgan fingerprint density at radius 1 is 1.43 bits per heavy atom. The van der Waals surface area contributed by atoms with Crippen LogP contribution in [0.3, 0.4) is 0 Å². The maximum absolute atomic E-state index is 12.3. The highest BCUT2D eigenvalue weighted by atomic mass is 35.5.